The molecular weight excluding hydrogens is 310 g/mol. The third kappa shape index (κ3) is 2.82. The zero-order valence-electron chi connectivity index (χ0n) is 12.5. The Morgan fingerprint density at radius 1 is 1.22 bits per heavy atom. The highest BCUT2D eigenvalue weighted by atomic mass is 35.5. The molecule has 0 saturated heterocycles. The number of hydrogen-bond acceptors (Lipinski definition) is 2. The number of benzene rings is 2. The predicted molar refractivity (Wildman–Crippen MR) is 90.7 cm³/mol. The number of carbonyl (C=O) groups is 1. The number of rotatable bonds is 4. The molecule has 116 valence electrons. The average molecular weight is 326 g/mol. The maximum Gasteiger partial charge on any atom is 0.251 e. The first-order valence-corrected chi connectivity index (χ1v) is 8.09. The molecule has 1 fully saturated rings. The molecule has 1 aliphatic carbocycles. The Morgan fingerprint density at radius 2 is 2.00 bits per heavy atom. The molecule has 2 N–H and O–H groups in total. The first-order valence-electron chi connectivity index (χ1n) is 7.71. The van der Waals surface area contributed by atoms with Crippen molar-refractivity contribution in [2.45, 2.75) is 25.3 Å². The molecule has 0 spiro atoms. The van der Waals surface area contributed by atoms with Gasteiger partial charge in [-0.2, -0.15) is 5.10 Å². The number of amides is 1. The summed E-state index contributed by atoms with van der Waals surface area (Å²) in [5, 5.41) is 11.9. The highest BCUT2D eigenvalue weighted by molar-refractivity contribution is 6.30. The Hall–Kier alpha value is -2.33. The molecule has 1 aromatic heterocycles. The van der Waals surface area contributed by atoms with Crippen molar-refractivity contribution in [1.82, 2.24) is 15.5 Å². The molecule has 23 heavy (non-hydrogen) atoms. The van der Waals surface area contributed by atoms with Gasteiger partial charge in [0.2, 0.25) is 0 Å². The number of aromatic amines is 1. The van der Waals surface area contributed by atoms with Gasteiger partial charge in [0.05, 0.1) is 11.7 Å². The number of nitrogens with one attached hydrogen (secondary N) is 2. The third-order valence-corrected chi connectivity index (χ3v) is 4.57. The van der Waals surface area contributed by atoms with Gasteiger partial charge in [-0.3, -0.25) is 9.89 Å². The second-order valence-electron chi connectivity index (χ2n) is 5.93. The summed E-state index contributed by atoms with van der Waals surface area (Å²) in [5.74, 6) is 0.528. The fourth-order valence-corrected chi connectivity index (χ4v) is 3.06. The summed E-state index contributed by atoms with van der Waals surface area (Å²) in [7, 11) is 0. The van der Waals surface area contributed by atoms with Gasteiger partial charge in [-0.15, -0.1) is 0 Å². The fourth-order valence-electron chi connectivity index (χ4n) is 2.94. The quantitative estimate of drug-likeness (QED) is 0.761. The lowest BCUT2D eigenvalue weighted by Gasteiger charge is -2.12. The van der Waals surface area contributed by atoms with Gasteiger partial charge >= 0.3 is 0 Å². The van der Waals surface area contributed by atoms with Crippen LogP contribution in [0, 0.1) is 0 Å². The van der Waals surface area contributed by atoms with E-state index in [0.29, 0.717) is 23.0 Å². The first-order chi connectivity index (χ1) is 11.2. The summed E-state index contributed by atoms with van der Waals surface area (Å²) in [4.78, 5) is 12.3. The van der Waals surface area contributed by atoms with Crippen molar-refractivity contribution < 1.29 is 4.79 Å². The SMILES string of the molecule is O=C(NCc1c(C2CC2)ccc2[nH]ncc12)c1ccc(Cl)cc1. The molecule has 4 nitrogen and oxygen atoms in total. The Balaban J connectivity index is 1.59. The predicted octanol–water partition coefficient (Wildman–Crippen LogP) is 4.02. The van der Waals surface area contributed by atoms with Gasteiger partial charge < -0.3 is 5.32 Å². The number of H-pyrrole nitrogens is 1. The lowest BCUT2D eigenvalue weighted by atomic mass is 9.99. The second-order valence-corrected chi connectivity index (χ2v) is 6.36. The molecule has 0 bridgehead atoms. The Labute approximate surface area is 138 Å². The van der Waals surface area contributed by atoms with Gasteiger partial charge in [-0.1, -0.05) is 17.7 Å². The van der Waals surface area contributed by atoms with Crippen molar-refractivity contribution >= 4 is 28.4 Å². The van der Waals surface area contributed by atoms with Crippen LogP contribution in [-0.2, 0) is 6.54 Å². The number of nitrogens with zero attached hydrogens (tertiary/aromatic N) is 1. The molecule has 1 amide bonds. The van der Waals surface area contributed by atoms with E-state index in [4.69, 9.17) is 11.6 Å². The monoisotopic (exact) mass is 325 g/mol. The first kappa shape index (κ1) is 14.3. The van der Waals surface area contributed by atoms with E-state index in [0.717, 1.165) is 10.9 Å². The number of aromatic nitrogens is 2. The molecule has 0 unspecified atom stereocenters. The Morgan fingerprint density at radius 3 is 2.74 bits per heavy atom. The van der Waals surface area contributed by atoms with E-state index in [2.05, 4.69) is 27.6 Å². The van der Waals surface area contributed by atoms with Crippen molar-refractivity contribution in [2.75, 3.05) is 0 Å². The summed E-state index contributed by atoms with van der Waals surface area (Å²) in [6.07, 6.45) is 4.29. The number of halogens is 1. The molecule has 4 rings (SSSR count). The minimum Gasteiger partial charge on any atom is -0.348 e. The molecule has 1 aliphatic rings. The lowest BCUT2D eigenvalue weighted by Crippen LogP contribution is -2.23. The van der Waals surface area contributed by atoms with E-state index in [-0.39, 0.29) is 5.91 Å². The van der Waals surface area contributed by atoms with Crippen LogP contribution in [0.1, 0.15) is 40.2 Å². The normalized spacial score (nSPS) is 14.1. The van der Waals surface area contributed by atoms with E-state index in [1.54, 1.807) is 24.3 Å². The minimum absolute atomic E-state index is 0.0936. The molecule has 1 saturated carbocycles. The van der Waals surface area contributed by atoms with E-state index in [9.17, 15) is 4.79 Å². The van der Waals surface area contributed by atoms with Crippen LogP contribution in [0.2, 0.25) is 5.02 Å². The van der Waals surface area contributed by atoms with E-state index in [1.807, 2.05) is 6.20 Å². The van der Waals surface area contributed by atoms with Gasteiger partial charge in [-0.05, 0) is 60.2 Å². The molecular formula is C18H16ClN3O. The van der Waals surface area contributed by atoms with Crippen molar-refractivity contribution in [3.63, 3.8) is 0 Å². The Bertz CT molecular complexity index is 866. The molecule has 1 heterocycles. The van der Waals surface area contributed by atoms with E-state index >= 15 is 0 Å². The van der Waals surface area contributed by atoms with Crippen LogP contribution in [0.4, 0.5) is 0 Å². The van der Waals surface area contributed by atoms with Crippen molar-refractivity contribution in [2.24, 2.45) is 0 Å². The van der Waals surface area contributed by atoms with E-state index < -0.39 is 0 Å². The molecule has 3 aromatic rings. The van der Waals surface area contributed by atoms with Crippen molar-refractivity contribution in [1.29, 1.82) is 0 Å². The Kier molecular flexibility index (Phi) is 3.54. The highest BCUT2D eigenvalue weighted by Crippen LogP contribution is 2.43. The lowest BCUT2D eigenvalue weighted by molar-refractivity contribution is 0.0951. The molecule has 2 aromatic carbocycles. The smallest absolute Gasteiger partial charge is 0.251 e. The zero-order chi connectivity index (χ0) is 15.8. The second kappa shape index (κ2) is 5.70. The van der Waals surface area contributed by atoms with E-state index in [1.165, 1.54) is 24.0 Å². The molecule has 0 radical (unpaired) electrons. The summed E-state index contributed by atoms with van der Waals surface area (Å²) in [6.45, 7) is 0.504. The average Bonchev–Trinajstić information content (AvgIpc) is 3.29. The molecule has 5 heteroatoms. The number of carbonyl (C=O) groups excluding carboxylic acids is 1. The van der Waals surface area contributed by atoms with Crippen LogP contribution < -0.4 is 5.32 Å². The van der Waals surface area contributed by atoms with Crippen LogP contribution in [0.25, 0.3) is 10.9 Å². The van der Waals surface area contributed by atoms with Gasteiger partial charge in [0.15, 0.2) is 0 Å². The zero-order valence-corrected chi connectivity index (χ0v) is 13.2. The fraction of sp³-hybridized carbons (Fsp3) is 0.222. The van der Waals surface area contributed by atoms with Crippen LogP contribution in [0.3, 0.4) is 0 Å². The number of fused-ring (bicyclic) bond motifs is 1. The summed E-state index contributed by atoms with van der Waals surface area (Å²) in [6, 6.07) is 11.1. The number of hydrogen-bond donors (Lipinski definition) is 2. The summed E-state index contributed by atoms with van der Waals surface area (Å²) < 4.78 is 0. The summed E-state index contributed by atoms with van der Waals surface area (Å²) in [5.41, 5.74) is 4.11. The highest BCUT2D eigenvalue weighted by Gasteiger charge is 2.27. The van der Waals surface area contributed by atoms with Crippen molar-refractivity contribution in [3.8, 4) is 0 Å². The van der Waals surface area contributed by atoms with Crippen LogP contribution in [-0.4, -0.2) is 16.1 Å². The third-order valence-electron chi connectivity index (χ3n) is 4.32. The maximum absolute atomic E-state index is 12.3. The van der Waals surface area contributed by atoms with Gasteiger partial charge in [0.25, 0.3) is 5.91 Å². The van der Waals surface area contributed by atoms with Crippen LogP contribution in [0.15, 0.2) is 42.6 Å². The summed E-state index contributed by atoms with van der Waals surface area (Å²) >= 11 is 5.86. The molecule has 0 atom stereocenters. The minimum atomic E-state index is -0.0936. The van der Waals surface area contributed by atoms with Crippen LogP contribution >= 0.6 is 11.6 Å². The van der Waals surface area contributed by atoms with Gasteiger partial charge in [0.1, 0.15) is 0 Å². The topological polar surface area (TPSA) is 57.8 Å². The van der Waals surface area contributed by atoms with Gasteiger partial charge in [0, 0.05) is 22.5 Å². The largest absolute Gasteiger partial charge is 0.348 e. The van der Waals surface area contributed by atoms with Crippen molar-refractivity contribution in [3.05, 3.63) is 64.3 Å². The van der Waals surface area contributed by atoms with Crippen LogP contribution in [0.5, 0.6) is 0 Å². The maximum atomic E-state index is 12.3. The standard InChI is InChI=1S/C18H16ClN3O/c19-13-5-3-12(4-6-13)18(23)20-9-15-14(11-1-2-11)7-8-17-16(15)10-21-22-17/h3-8,10-11H,1-2,9H2,(H,20,23)(H,21,22). The van der Waals surface area contributed by atoms with Gasteiger partial charge in [-0.25, -0.2) is 0 Å². The molecule has 0 aliphatic heterocycles.